The van der Waals surface area contributed by atoms with E-state index in [-0.39, 0.29) is 18.3 Å². The Morgan fingerprint density at radius 3 is 2.88 bits per heavy atom. The topological polar surface area (TPSA) is 77.5 Å². The van der Waals surface area contributed by atoms with Crippen LogP contribution in [-0.4, -0.2) is 30.6 Å². The van der Waals surface area contributed by atoms with E-state index >= 15 is 0 Å². The van der Waals surface area contributed by atoms with Crippen molar-refractivity contribution in [2.75, 3.05) is 19.0 Å². The van der Waals surface area contributed by atoms with Crippen molar-refractivity contribution in [3.63, 3.8) is 0 Å². The Bertz CT molecular complexity index is 770. The van der Waals surface area contributed by atoms with Gasteiger partial charge in [-0.2, -0.15) is 0 Å². The number of nitrogens with one attached hydrogen (secondary N) is 1. The third kappa shape index (κ3) is 6.33. The number of carbonyl (C=O) groups excluding carboxylic acids is 2. The number of para-hydroxylation sites is 1. The molecule has 1 aromatic carbocycles. The molecule has 0 atom stereocenters. The predicted molar refractivity (Wildman–Crippen MR) is 102 cm³/mol. The zero-order valence-electron chi connectivity index (χ0n) is 14.9. The molecule has 0 spiro atoms. The van der Waals surface area contributed by atoms with Gasteiger partial charge in [-0.3, -0.25) is 14.9 Å². The largest absolute Gasteiger partial charge is 0.493 e. The standard InChI is InChI=1S/C19H22N2O4S/c1-3-4-11-25-16-8-6-5-7-14(16)9-10-17(22)21-19-20-15(13-26-19)12-18(23)24-2/h5-10,13H,3-4,11-12H2,1-2H3,(H,20,21,22)/b10-9+. The highest BCUT2D eigenvalue weighted by molar-refractivity contribution is 7.14. The minimum atomic E-state index is -0.368. The van der Waals surface area contributed by atoms with Gasteiger partial charge in [0.1, 0.15) is 5.75 Å². The summed E-state index contributed by atoms with van der Waals surface area (Å²) in [6.07, 6.45) is 5.27. The van der Waals surface area contributed by atoms with Crippen LogP contribution < -0.4 is 10.1 Å². The van der Waals surface area contributed by atoms with Crippen molar-refractivity contribution in [1.82, 2.24) is 4.98 Å². The Morgan fingerprint density at radius 1 is 1.31 bits per heavy atom. The second-order valence-corrected chi connectivity index (χ2v) is 6.32. The molecular formula is C19H22N2O4S. The van der Waals surface area contributed by atoms with E-state index in [0.29, 0.717) is 17.4 Å². The fourth-order valence-corrected chi connectivity index (χ4v) is 2.77. The molecule has 0 unspecified atom stereocenters. The molecule has 138 valence electrons. The average molecular weight is 374 g/mol. The Hall–Kier alpha value is -2.67. The van der Waals surface area contributed by atoms with Crippen LogP contribution in [0.2, 0.25) is 0 Å². The number of carbonyl (C=O) groups is 2. The van der Waals surface area contributed by atoms with Crippen molar-refractivity contribution in [2.24, 2.45) is 0 Å². The minimum absolute atomic E-state index is 0.0845. The number of amides is 1. The van der Waals surface area contributed by atoms with Crippen molar-refractivity contribution < 1.29 is 19.1 Å². The molecule has 2 rings (SSSR count). The van der Waals surface area contributed by atoms with Crippen molar-refractivity contribution in [2.45, 2.75) is 26.2 Å². The fraction of sp³-hybridized carbons (Fsp3) is 0.316. The summed E-state index contributed by atoms with van der Waals surface area (Å²) in [4.78, 5) is 27.5. The molecule has 2 aromatic rings. The number of esters is 1. The second-order valence-electron chi connectivity index (χ2n) is 5.46. The molecule has 0 fully saturated rings. The molecule has 7 heteroatoms. The third-order valence-electron chi connectivity index (χ3n) is 3.42. The fourth-order valence-electron chi connectivity index (χ4n) is 2.05. The molecule has 0 aliphatic rings. The van der Waals surface area contributed by atoms with Gasteiger partial charge in [-0.05, 0) is 18.6 Å². The quantitative estimate of drug-likeness (QED) is 0.411. The maximum atomic E-state index is 12.1. The zero-order chi connectivity index (χ0) is 18.8. The number of anilines is 1. The van der Waals surface area contributed by atoms with Crippen LogP contribution >= 0.6 is 11.3 Å². The van der Waals surface area contributed by atoms with Gasteiger partial charge in [-0.1, -0.05) is 31.5 Å². The van der Waals surface area contributed by atoms with Crippen LogP contribution in [0.3, 0.4) is 0 Å². The molecule has 0 aliphatic carbocycles. The molecule has 0 aliphatic heterocycles. The number of aromatic nitrogens is 1. The number of methoxy groups -OCH3 is 1. The Labute approximate surface area is 156 Å². The summed E-state index contributed by atoms with van der Waals surface area (Å²) in [6.45, 7) is 2.75. The number of rotatable bonds is 9. The van der Waals surface area contributed by atoms with Gasteiger partial charge in [0, 0.05) is 17.0 Å². The Balaban J connectivity index is 1.94. The number of hydrogen-bond donors (Lipinski definition) is 1. The lowest BCUT2D eigenvalue weighted by molar-refractivity contribution is -0.139. The second kappa shape index (κ2) is 10.4. The lowest BCUT2D eigenvalue weighted by Crippen LogP contribution is -2.08. The van der Waals surface area contributed by atoms with Crippen molar-refractivity contribution >= 4 is 34.4 Å². The van der Waals surface area contributed by atoms with Crippen LogP contribution in [0.1, 0.15) is 31.0 Å². The molecule has 1 heterocycles. The first-order valence-electron chi connectivity index (χ1n) is 8.34. The SMILES string of the molecule is CCCCOc1ccccc1/C=C/C(=O)Nc1nc(CC(=O)OC)cs1. The number of hydrogen-bond acceptors (Lipinski definition) is 6. The minimum Gasteiger partial charge on any atom is -0.493 e. The van der Waals surface area contributed by atoms with E-state index < -0.39 is 0 Å². The number of benzene rings is 1. The highest BCUT2D eigenvalue weighted by Crippen LogP contribution is 2.20. The summed E-state index contributed by atoms with van der Waals surface area (Å²) >= 11 is 1.26. The van der Waals surface area contributed by atoms with Gasteiger partial charge in [-0.15, -0.1) is 11.3 Å². The van der Waals surface area contributed by atoms with Crippen LogP contribution in [-0.2, 0) is 20.7 Å². The number of thiazole rings is 1. The summed E-state index contributed by atoms with van der Waals surface area (Å²) in [5, 5.41) is 4.84. The molecule has 0 saturated carbocycles. The van der Waals surface area contributed by atoms with E-state index in [1.807, 2.05) is 24.3 Å². The first-order chi connectivity index (χ1) is 12.6. The van der Waals surface area contributed by atoms with Gasteiger partial charge in [0.05, 0.1) is 25.8 Å². The van der Waals surface area contributed by atoms with Crippen molar-refractivity contribution in [3.05, 3.63) is 47.0 Å². The van der Waals surface area contributed by atoms with Crippen molar-refractivity contribution in [1.29, 1.82) is 0 Å². The summed E-state index contributed by atoms with van der Waals surface area (Å²) in [7, 11) is 1.33. The molecule has 1 amide bonds. The lowest BCUT2D eigenvalue weighted by atomic mass is 10.2. The first-order valence-corrected chi connectivity index (χ1v) is 9.22. The van der Waals surface area contributed by atoms with E-state index in [9.17, 15) is 9.59 Å². The highest BCUT2D eigenvalue weighted by atomic mass is 32.1. The molecule has 0 saturated heterocycles. The van der Waals surface area contributed by atoms with Gasteiger partial charge in [0.2, 0.25) is 5.91 Å². The maximum Gasteiger partial charge on any atom is 0.311 e. The van der Waals surface area contributed by atoms with Crippen molar-refractivity contribution in [3.8, 4) is 5.75 Å². The zero-order valence-corrected chi connectivity index (χ0v) is 15.7. The molecule has 6 nitrogen and oxygen atoms in total. The van der Waals surface area contributed by atoms with Crippen LogP contribution in [0.15, 0.2) is 35.7 Å². The van der Waals surface area contributed by atoms with E-state index in [1.54, 1.807) is 11.5 Å². The number of nitrogens with zero attached hydrogens (tertiary/aromatic N) is 1. The van der Waals surface area contributed by atoms with Crippen LogP contribution in [0.5, 0.6) is 5.75 Å². The Kier molecular flexibility index (Phi) is 7.82. The van der Waals surface area contributed by atoms with Gasteiger partial charge in [-0.25, -0.2) is 4.98 Å². The average Bonchev–Trinajstić information content (AvgIpc) is 3.07. The normalized spacial score (nSPS) is 10.7. The van der Waals surface area contributed by atoms with Gasteiger partial charge in [0.25, 0.3) is 0 Å². The van der Waals surface area contributed by atoms with E-state index in [0.717, 1.165) is 24.2 Å². The summed E-state index contributed by atoms with van der Waals surface area (Å²) in [5.41, 5.74) is 1.40. The molecule has 1 aromatic heterocycles. The lowest BCUT2D eigenvalue weighted by Gasteiger charge is -2.08. The monoisotopic (exact) mass is 374 g/mol. The maximum absolute atomic E-state index is 12.1. The molecule has 1 N–H and O–H groups in total. The van der Waals surface area contributed by atoms with Crippen LogP contribution in [0.25, 0.3) is 6.08 Å². The van der Waals surface area contributed by atoms with E-state index in [2.05, 4.69) is 22.0 Å². The van der Waals surface area contributed by atoms with Gasteiger partial charge < -0.3 is 9.47 Å². The molecule has 0 radical (unpaired) electrons. The highest BCUT2D eigenvalue weighted by Gasteiger charge is 2.09. The summed E-state index contributed by atoms with van der Waals surface area (Å²) in [5.74, 6) is 0.0831. The molecular weight excluding hydrogens is 352 g/mol. The number of ether oxygens (including phenoxy) is 2. The number of unbranched alkanes of at least 4 members (excludes halogenated alkanes) is 1. The summed E-state index contributed by atoms with van der Waals surface area (Å²) in [6, 6.07) is 7.57. The van der Waals surface area contributed by atoms with Gasteiger partial charge >= 0.3 is 5.97 Å². The summed E-state index contributed by atoms with van der Waals surface area (Å²) < 4.78 is 10.3. The smallest absolute Gasteiger partial charge is 0.311 e. The van der Waals surface area contributed by atoms with Gasteiger partial charge in [0.15, 0.2) is 5.13 Å². The van der Waals surface area contributed by atoms with E-state index in [1.165, 1.54) is 24.5 Å². The first kappa shape index (κ1) is 19.7. The molecule has 0 bridgehead atoms. The molecule has 26 heavy (non-hydrogen) atoms. The predicted octanol–water partition coefficient (Wildman–Crippen LogP) is 3.69. The van der Waals surface area contributed by atoms with Crippen LogP contribution in [0, 0.1) is 0 Å². The van der Waals surface area contributed by atoms with Crippen LogP contribution in [0.4, 0.5) is 5.13 Å². The van der Waals surface area contributed by atoms with E-state index in [4.69, 9.17) is 4.74 Å². The Morgan fingerprint density at radius 2 is 2.12 bits per heavy atom. The third-order valence-corrected chi connectivity index (χ3v) is 4.23.